The Kier molecular flexibility index (Phi) is 3.95. The van der Waals surface area contributed by atoms with Gasteiger partial charge in [0.15, 0.2) is 0 Å². The lowest BCUT2D eigenvalue weighted by atomic mass is 10.2. The number of fused-ring (bicyclic) bond motifs is 1. The lowest BCUT2D eigenvalue weighted by Gasteiger charge is -2.32. The van der Waals surface area contributed by atoms with Gasteiger partial charge in [0, 0.05) is 20.2 Å². The Morgan fingerprint density at radius 2 is 2.15 bits per heavy atom. The smallest absolute Gasteiger partial charge is 0.451 e. The van der Waals surface area contributed by atoms with Crippen molar-refractivity contribution in [2.75, 3.05) is 20.3 Å². The molecule has 1 aliphatic rings. The Balaban J connectivity index is 2.20. The second kappa shape index (κ2) is 5.37. The summed E-state index contributed by atoms with van der Waals surface area (Å²) in [5.41, 5.74) is 0. The highest BCUT2D eigenvalue weighted by Gasteiger charge is 2.40. The van der Waals surface area contributed by atoms with Crippen LogP contribution in [0.3, 0.4) is 0 Å². The summed E-state index contributed by atoms with van der Waals surface area (Å²) in [6.07, 6.45) is -4.56. The van der Waals surface area contributed by atoms with Crippen molar-refractivity contribution in [1.29, 1.82) is 0 Å². The summed E-state index contributed by atoms with van der Waals surface area (Å²) >= 11 is 0. The summed E-state index contributed by atoms with van der Waals surface area (Å²) in [6.45, 7) is 0.0954. The highest BCUT2D eigenvalue weighted by molar-refractivity contribution is 5.73. The lowest BCUT2D eigenvalue weighted by Crippen LogP contribution is -2.48. The SMILES string of the molecule is COCC(C(=O)O)N1CCn2c(nnc2C(F)(F)F)C1. The minimum absolute atomic E-state index is 0.00926. The standard InChI is InChI=1S/C10H13F3N4O3/c1-20-5-6(8(18)19)16-2-3-17-7(4-16)14-15-9(17)10(11,12)13/h6H,2-5H2,1H3,(H,18,19). The predicted octanol–water partition coefficient (Wildman–Crippen LogP) is 0.212. The van der Waals surface area contributed by atoms with E-state index in [2.05, 4.69) is 10.2 Å². The first-order valence-corrected chi connectivity index (χ1v) is 5.79. The third-order valence-electron chi connectivity index (χ3n) is 3.09. The van der Waals surface area contributed by atoms with Crippen LogP contribution >= 0.6 is 0 Å². The summed E-state index contributed by atoms with van der Waals surface area (Å²) in [7, 11) is 1.37. The number of carboxylic acid groups (broad SMARTS) is 1. The number of ether oxygens (including phenoxy) is 1. The van der Waals surface area contributed by atoms with E-state index in [0.717, 1.165) is 4.57 Å². The van der Waals surface area contributed by atoms with Gasteiger partial charge in [-0.3, -0.25) is 9.69 Å². The lowest BCUT2D eigenvalue weighted by molar-refractivity contribution is -0.150. The first-order valence-electron chi connectivity index (χ1n) is 5.79. The van der Waals surface area contributed by atoms with E-state index in [1.807, 2.05) is 0 Å². The van der Waals surface area contributed by atoms with Gasteiger partial charge in [-0.2, -0.15) is 13.2 Å². The fourth-order valence-electron chi connectivity index (χ4n) is 2.14. The quantitative estimate of drug-likeness (QED) is 0.855. The van der Waals surface area contributed by atoms with Crippen molar-refractivity contribution < 1.29 is 27.8 Å². The van der Waals surface area contributed by atoms with E-state index in [1.54, 1.807) is 0 Å². The average molecular weight is 294 g/mol. The number of hydrogen-bond acceptors (Lipinski definition) is 5. The first kappa shape index (κ1) is 14.7. The number of alkyl halides is 3. The third kappa shape index (κ3) is 2.75. The number of aromatic nitrogens is 3. The van der Waals surface area contributed by atoms with Crippen LogP contribution < -0.4 is 0 Å². The predicted molar refractivity (Wildman–Crippen MR) is 58.7 cm³/mol. The number of nitrogens with zero attached hydrogens (tertiary/aromatic N) is 4. The van der Waals surface area contributed by atoms with Crippen molar-refractivity contribution in [3.05, 3.63) is 11.6 Å². The molecule has 0 amide bonds. The van der Waals surface area contributed by atoms with Crippen LogP contribution in [-0.2, 0) is 28.8 Å². The van der Waals surface area contributed by atoms with Crippen molar-refractivity contribution in [3.8, 4) is 0 Å². The van der Waals surface area contributed by atoms with Gasteiger partial charge in [-0.15, -0.1) is 10.2 Å². The highest BCUT2D eigenvalue weighted by atomic mass is 19.4. The van der Waals surface area contributed by atoms with Gasteiger partial charge >= 0.3 is 12.1 Å². The van der Waals surface area contributed by atoms with E-state index < -0.39 is 24.0 Å². The van der Waals surface area contributed by atoms with Gasteiger partial charge in [-0.25, -0.2) is 0 Å². The van der Waals surface area contributed by atoms with Crippen LogP contribution in [0.25, 0.3) is 0 Å². The number of rotatable bonds is 4. The maximum Gasteiger partial charge on any atom is 0.451 e. The molecular formula is C10H13F3N4O3. The van der Waals surface area contributed by atoms with Gasteiger partial charge in [0.2, 0.25) is 5.82 Å². The third-order valence-corrected chi connectivity index (χ3v) is 3.09. The van der Waals surface area contributed by atoms with Crippen LogP contribution in [0.1, 0.15) is 11.6 Å². The summed E-state index contributed by atoms with van der Waals surface area (Å²) in [6, 6.07) is -0.917. The van der Waals surface area contributed by atoms with E-state index in [4.69, 9.17) is 9.84 Å². The molecule has 1 aromatic heterocycles. The van der Waals surface area contributed by atoms with E-state index >= 15 is 0 Å². The maximum atomic E-state index is 12.7. The molecule has 1 atom stereocenters. The Hall–Kier alpha value is -1.68. The van der Waals surface area contributed by atoms with Gasteiger partial charge in [0.25, 0.3) is 0 Å². The van der Waals surface area contributed by atoms with Crippen molar-refractivity contribution in [1.82, 2.24) is 19.7 Å². The normalized spacial score (nSPS) is 17.8. The largest absolute Gasteiger partial charge is 0.480 e. The molecule has 1 unspecified atom stereocenters. The molecule has 7 nitrogen and oxygen atoms in total. The number of aliphatic carboxylic acids is 1. The van der Waals surface area contributed by atoms with Crippen molar-refractivity contribution in [2.45, 2.75) is 25.3 Å². The minimum atomic E-state index is -4.56. The van der Waals surface area contributed by atoms with Crippen LogP contribution in [0, 0.1) is 0 Å². The molecule has 1 aromatic rings. The molecule has 20 heavy (non-hydrogen) atoms. The molecule has 1 aliphatic heterocycles. The molecule has 1 N–H and O–H groups in total. The molecule has 0 aromatic carbocycles. The Morgan fingerprint density at radius 1 is 1.45 bits per heavy atom. The number of methoxy groups -OCH3 is 1. The highest BCUT2D eigenvalue weighted by Crippen LogP contribution is 2.29. The van der Waals surface area contributed by atoms with Gasteiger partial charge in [0.1, 0.15) is 11.9 Å². The number of carboxylic acids is 1. The van der Waals surface area contributed by atoms with Crippen LogP contribution in [0.4, 0.5) is 13.2 Å². The maximum absolute atomic E-state index is 12.7. The van der Waals surface area contributed by atoms with Gasteiger partial charge in [0.05, 0.1) is 13.2 Å². The monoisotopic (exact) mass is 294 g/mol. The van der Waals surface area contributed by atoms with Gasteiger partial charge < -0.3 is 14.4 Å². The van der Waals surface area contributed by atoms with E-state index in [9.17, 15) is 18.0 Å². The second-order valence-electron chi connectivity index (χ2n) is 4.37. The summed E-state index contributed by atoms with van der Waals surface area (Å²) in [5, 5.41) is 15.7. The van der Waals surface area contributed by atoms with Crippen LogP contribution in [0.5, 0.6) is 0 Å². The van der Waals surface area contributed by atoms with Crippen LogP contribution in [-0.4, -0.2) is 57.0 Å². The molecule has 0 radical (unpaired) electrons. The van der Waals surface area contributed by atoms with E-state index in [0.29, 0.717) is 0 Å². The fourth-order valence-corrected chi connectivity index (χ4v) is 2.14. The zero-order chi connectivity index (χ0) is 14.9. The zero-order valence-corrected chi connectivity index (χ0v) is 10.6. The van der Waals surface area contributed by atoms with Crippen molar-refractivity contribution >= 4 is 5.97 Å². The molecule has 0 saturated carbocycles. The molecule has 0 bridgehead atoms. The minimum Gasteiger partial charge on any atom is -0.480 e. The topological polar surface area (TPSA) is 80.5 Å². The molecular weight excluding hydrogens is 281 g/mol. The second-order valence-corrected chi connectivity index (χ2v) is 4.37. The zero-order valence-electron chi connectivity index (χ0n) is 10.6. The number of carbonyl (C=O) groups is 1. The van der Waals surface area contributed by atoms with Crippen LogP contribution in [0.2, 0.25) is 0 Å². The van der Waals surface area contributed by atoms with E-state index in [1.165, 1.54) is 12.0 Å². The number of hydrogen-bond donors (Lipinski definition) is 1. The molecule has 2 rings (SSSR count). The molecule has 112 valence electrons. The van der Waals surface area contributed by atoms with Gasteiger partial charge in [-0.05, 0) is 0 Å². The van der Waals surface area contributed by atoms with Gasteiger partial charge in [-0.1, -0.05) is 0 Å². The Bertz CT molecular complexity index is 502. The van der Waals surface area contributed by atoms with E-state index in [-0.39, 0.29) is 32.1 Å². The summed E-state index contributed by atoms with van der Waals surface area (Å²) in [5.74, 6) is -2.03. The summed E-state index contributed by atoms with van der Waals surface area (Å²) < 4.78 is 43.8. The molecule has 0 spiro atoms. The molecule has 0 aliphatic carbocycles. The fraction of sp³-hybridized carbons (Fsp3) is 0.700. The summed E-state index contributed by atoms with van der Waals surface area (Å²) in [4.78, 5) is 12.6. The first-order chi connectivity index (χ1) is 9.34. The molecule has 10 heteroatoms. The van der Waals surface area contributed by atoms with Crippen molar-refractivity contribution in [2.24, 2.45) is 0 Å². The molecule has 2 heterocycles. The van der Waals surface area contributed by atoms with Crippen molar-refractivity contribution in [3.63, 3.8) is 0 Å². The average Bonchev–Trinajstić information content (AvgIpc) is 2.77. The number of halogens is 3. The molecule has 0 saturated heterocycles. The van der Waals surface area contributed by atoms with Crippen LogP contribution in [0.15, 0.2) is 0 Å². The molecule has 0 fully saturated rings. The Morgan fingerprint density at radius 3 is 2.70 bits per heavy atom. The Labute approximate surface area is 111 Å².